The van der Waals surface area contributed by atoms with Crippen LogP contribution in [0.1, 0.15) is 69.7 Å². The van der Waals surface area contributed by atoms with Crippen LogP contribution in [0.3, 0.4) is 0 Å². The van der Waals surface area contributed by atoms with Gasteiger partial charge in [-0.15, -0.1) is 0 Å². The number of rotatable bonds is 4. The van der Waals surface area contributed by atoms with Crippen LogP contribution in [0.15, 0.2) is 36.4 Å². The first-order valence-electron chi connectivity index (χ1n) is 11.7. The number of halogens is 2. The Morgan fingerprint density at radius 3 is 2.27 bits per heavy atom. The number of hydrogen-bond acceptors (Lipinski definition) is 2. The summed E-state index contributed by atoms with van der Waals surface area (Å²) >= 11 is 5.71. The van der Waals surface area contributed by atoms with Crippen LogP contribution in [-0.2, 0) is 11.2 Å². The molecule has 0 bridgehead atoms. The molecule has 0 aliphatic carbocycles. The van der Waals surface area contributed by atoms with Crippen molar-refractivity contribution in [2.75, 3.05) is 6.54 Å². The molecule has 2 aromatic rings. The Balaban J connectivity index is 0.000000251. The molecule has 1 aliphatic heterocycles. The van der Waals surface area contributed by atoms with E-state index in [0.717, 1.165) is 30.5 Å². The fourth-order valence-electron chi connectivity index (χ4n) is 3.71. The van der Waals surface area contributed by atoms with E-state index in [-0.39, 0.29) is 5.82 Å². The summed E-state index contributed by atoms with van der Waals surface area (Å²) in [5.41, 5.74) is 3.88. The molecule has 2 aromatic carbocycles. The van der Waals surface area contributed by atoms with Gasteiger partial charge in [-0.1, -0.05) is 50.9 Å². The molecule has 5 heteroatoms. The van der Waals surface area contributed by atoms with Crippen molar-refractivity contribution in [2.45, 2.75) is 73.8 Å². The molecular weight excluding hydrogens is 435 g/mol. The second kappa shape index (κ2) is 14.0. The molecule has 0 aromatic heterocycles. The zero-order valence-corrected chi connectivity index (χ0v) is 21.8. The normalized spacial score (nSPS) is 15.8. The van der Waals surface area contributed by atoms with Gasteiger partial charge in [0.05, 0.1) is 10.6 Å². The Hall–Kier alpha value is -2.38. The maximum Gasteiger partial charge on any atom is 0.223 e. The standard InChI is InChI=1S/C11H21NO.C9H11F.C8H6ClN/c1-5-9(4)10-6-11(13)12(7-10)8(2)3;1-3-8-6-9(10)5-4-7(8)2;1-6-2-3-7(5-10)8(9)4-6/h8-10H,5-7H2,1-4H3;4-6H,3H2,1-2H3;2-4H,1H3. The first-order valence-corrected chi connectivity index (χ1v) is 12.1. The molecule has 3 nitrogen and oxygen atoms in total. The van der Waals surface area contributed by atoms with Crippen molar-refractivity contribution in [2.24, 2.45) is 11.8 Å². The second-order valence-electron chi connectivity index (χ2n) is 9.01. The number of hydrogen-bond donors (Lipinski definition) is 0. The van der Waals surface area contributed by atoms with Gasteiger partial charge in [0.25, 0.3) is 0 Å². The molecule has 2 atom stereocenters. The van der Waals surface area contributed by atoms with E-state index in [1.54, 1.807) is 18.2 Å². The van der Waals surface area contributed by atoms with Crippen molar-refractivity contribution in [3.05, 3.63) is 69.5 Å². The molecule has 0 spiro atoms. The van der Waals surface area contributed by atoms with Crippen LogP contribution in [0.2, 0.25) is 5.02 Å². The van der Waals surface area contributed by atoms with Gasteiger partial charge in [-0.05, 0) is 86.9 Å². The summed E-state index contributed by atoms with van der Waals surface area (Å²) in [5, 5.41) is 9.00. The van der Waals surface area contributed by atoms with Crippen LogP contribution >= 0.6 is 11.6 Å². The second-order valence-corrected chi connectivity index (χ2v) is 9.42. The third-order valence-electron chi connectivity index (χ3n) is 6.20. The predicted octanol–water partition coefficient (Wildman–Crippen LogP) is 7.51. The molecule has 0 N–H and O–H groups in total. The Morgan fingerprint density at radius 2 is 1.82 bits per heavy atom. The van der Waals surface area contributed by atoms with Gasteiger partial charge in [-0.2, -0.15) is 5.26 Å². The Morgan fingerprint density at radius 1 is 1.15 bits per heavy atom. The fourth-order valence-corrected chi connectivity index (χ4v) is 3.98. The summed E-state index contributed by atoms with van der Waals surface area (Å²) < 4.78 is 12.5. The maximum absolute atomic E-state index is 12.5. The quantitative estimate of drug-likeness (QED) is 0.462. The first-order chi connectivity index (χ1) is 15.5. The fraction of sp³-hybridized carbons (Fsp3) is 0.500. The summed E-state index contributed by atoms with van der Waals surface area (Å²) in [6.45, 7) is 15.6. The molecule has 0 saturated carbocycles. The molecule has 3 rings (SSSR count). The minimum atomic E-state index is -0.137. The number of nitrogens with zero attached hydrogens (tertiary/aromatic N) is 2. The van der Waals surface area contributed by atoms with Crippen molar-refractivity contribution in [1.82, 2.24) is 4.90 Å². The maximum atomic E-state index is 12.5. The van der Waals surface area contributed by atoms with Gasteiger partial charge in [-0.25, -0.2) is 4.39 Å². The molecule has 2 unspecified atom stereocenters. The van der Waals surface area contributed by atoms with Crippen LogP contribution in [0, 0.1) is 42.8 Å². The van der Waals surface area contributed by atoms with E-state index >= 15 is 0 Å². The SMILES string of the molecule is CCC(C)C1CC(=O)N(C(C)C)C1.CCc1cc(F)ccc1C.Cc1ccc(C#N)c(Cl)c1. The van der Waals surface area contributed by atoms with Gasteiger partial charge in [0, 0.05) is 19.0 Å². The largest absolute Gasteiger partial charge is 0.340 e. The molecular formula is C28H38ClFN2O. The van der Waals surface area contributed by atoms with Gasteiger partial charge >= 0.3 is 0 Å². The molecule has 180 valence electrons. The van der Waals surface area contributed by atoms with Gasteiger partial charge in [-0.3, -0.25) is 4.79 Å². The van der Waals surface area contributed by atoms with Crippen LogP contribution in [0.25, 0.3) is 0 Å². The zero-order valence-electron chi connectivity index (χ0n) is 21.1. The number of aryl methyl sites for hydroxylation is 3. The zero-order chi connectivity index (χ0) is 25.1. The highest BCUT2D eigenvalue weighted by molar-refractivity contribution is 6.31. The summed E-state index contributed by atoms with van der Waals surface area (Å²) in [6, 6.07) is 12.6. The van der Waals surface area contributed by atoms with Crippen LogP contribution in [0.5, 0.6) is 0 Å². The van der Waals surface area contributed by atoms with E-state index in [1.165, 1.54) is 18.1 Å². The molecule has 1 heterocycles. The van der Waals surface area contributed by atoms with E-state index in [1.807, 2.05) is 43.9 Å². The molecule has 1 fully saturated rings. The highest BCUT2D eigenvalue weighted by Crippen LogP contribution is 2.28. The summed E-state index contributed by atoms with van der Waals surface area (Å²) in [4.78, 5) is 13.6. The lowest BCUT2D eigenvalue weighted by Crippen LogP contribution is -2.32. The smallest absolute Gasteiger partial charge is 0.223 e. The number of carbonyl (C=O) groups is 1. The highest BCUT2D eigenvalue weighted by Gasteiger charge is 2.33. The lowest BCUT2D eigenvalue weighted by Gasteiger charge is -2.22. The Kier molecular flexibility index (Phi) is 12.2. The number of nitriles is 1. The summed E-state index contributed by atoms with van der Waals surface area (Å²) in [5.74, 6) is 1.50. The van der Waals surface area contributed by atoms with Crippen molar-refractivity contribution >= 4 is 17.5 Å². The molecule has 1 saturated heterocycles. The van der Waals surface area contributed by atoms with Gasteiger partial charge in [0.1, 0.15) is 11.9 Å². The molecule has 1 amide bonds. The molecule has 0 radical (unpaired) electrons. The highest BCUT2D eigenvalue weighted by atomic mass is 35.5. The van der Waals surface area contributed by atoms with Crippen molar-refractivity contribution in [1.29, 1.82) is 5.26 Å². The number of benzene rings is 2. The summed E-state index contributed by atoms with van der Waals surface area (Å²) in [6.07, 6.45) is 2.86. The third-order valence-corrected chi connectivity index (χ3v) is 6.51. The Bertz CT molecular complexity index is 942. The van der Waals surface area contributed by atoms with Crippen molar-refractivity contribution in [3.8, 4) is 6.07 Å². The molecule has 1 aliphatic rings. The Labute approximate surface area is 204 Å². The average Bonchev–Trinajstić information content (AvgIpc) is 3.18. The number of carbonyl (C=O) groups excluding carboxylic acids is 1. The van der Waals surface area contributed by atoms with E-state index in [2.05, 4.69) is 27.7 Å². The topological polar surface area (TPSA) is 44.1 Å². The molecule has 33 heavy (non-hydrogen) atoms. The van der Waals surface area contributed by atoms with Gasteiger partial charge < -0.3 is 4.90 Å². The monoisotopic (exact) mass is 472 g/mol. The van der Waals surface area contributed by atoms with E-state index < -0.39 is 0 Å². The van der Waals surface area contributed by atoms with Crippen LogP contribution < -0.4 is 0 Å². The van der Waals surface area contributed by atoms with E-state index in [0.29, 0.717) is 34.4 Å². The number of amides is 1. The van der Waals surface area contributed by atoms with Crippen molar-refractivity contribution < 1.29 is 9.18 Å². The third kappa shape index (κ3) is 9.18. The van der Waals surface area contributed by atoms with Gasteiger partial charge in [0.2, 0.25) is 5.91 Å². The van der Waals surface area contributed by atoms with Crippen LogP contribution in [-0.4, -0.2) is 23.4 Å². The first kappa shape index (κ1) is 28.7. The lowest BCUT2D eigenvalue weighted by atomic mass is 9.91. The van der Waals surface area contributed by atoms with E-state index in [9.17, 15) is 9.18 Å². The van der Waals surface area contributed by atoms with Gasteiger partial charge in [0.15, 0.2) is 0 Å². The number of likely N-dealkylation sites (tertiary alicyclic amines) is 1. The van der Waals surface area contributed by atoms with Crippen LogP contribution in [0.4, 0.5) is 4.39 Å². The summed E-state index contributed by atoms with van der Waals surface area (Å²) in [7, 11) is 0. The lowest BCUT2D eigenvalue weighted by molar-refractivity contribution is -0.129. The minimum Gasteiger partial charge on any atom is -0.340 e. The predicted molar refractivity (Wildman–Crippen MR) is 136 cm³/mol. The van der Waals surface area contributed by atoms with Crippen molar-refractivity contribution in [3.63, 3.8) is 0 Å². The average molecular weight is 473 g/mol. The van der Waals surface area contributed by atoms with E-state index in [4.69, 9.17) is 16.9 Å². The minimum absolute atomic E-state index is 0.137.